The Labute approximate surface area is 94.5 Å². The highest BCUT2D eigenvalue weighted by atomic mass is 16.6. The molecule has 0 fully saturated rings. The number of aromatic carboxylic acids is 1. The highest BCUT2D eigenvalue weighted by Crippen LogP contribution is 2.26. The molecule has 0 spiro atoms. The van der Waals surface area contributed by atoms with E-state index in [1.807, 2.05) is 0 Å². The van der Waals surface area contributed by atoms with Crippen LogP contribution in [0.25, 0.3) is 11.3 Å². The summed E-state index contributed by atoms with van der Waals surface area (Å²) in [6, 6.07) is 5.40. The van der Waals surface area contributed by atoms with Crippen molar-refractivity contribution in [1.82, 2.24) is 4.98 Å². The van der Waals surface area contributed by atoms with Gasteiger partial charge in [-0.05, 0) is 0 Å². The zero-order chi connectivity index (χ0) is 12.4. The minimum absolute atomic E-state index is 0.0614. The van der Waals surface area contributed by atoms with E-state index in [0.29, 0.717) is 0 Å². The number of non-ortho nitro benzene ring substituents is 1. The van der Waals surface area contributed by atoms with Gasteiger partial charge in [-0.15, -0.1) is 0 Å². The summed E-state index contributed by atoms with van der Waals surface area (Å²) in [7, 11) is 0. The van der Waals surface area contributed by atoms with Crippen LogP contribution >= 0.6 is 0 Å². The van der Waals surface area contributed by atoms with Gasteiger partial charge in [0.05, 0.1) is 10.9 Å². The van der Waals surface area contributed by atoms with Crippen molar-refractivity contribution in [3.63, 3.8) is 0 Å². The lowest BCUT2D eigenvalue weighted by Gasteiger charge is -2.01. The number of carbonyl (C=O) groups excluding carboxylic acids is 1. The molecule has 0 saturated heterocycles. The second-order valence-corrected chi connectivity index (χ2v) is 3.12. The maximum atomic E-state index is 10.7. The highest BCUT2D eigenvalue weighted by molar-refractivity contribution is 5.90. The van der Waals surface area contributed by atoms with Gasteiger partial charge < -0.3 is 14.3 Å². The van der Waals surface area contributed by atoms with Crippen molar-refractivity contribution in [2.75, 3.05) is 0 Å². The molecule has 2 rings (SSSR count). The molecule has 0 amide bonds. The molecule has 0 unspecified atom stereocenters. The summed E-state index contributed by atoms with van der Waals surface area (Å²) in [5.41, 5.74) is -0.287. The SMILES string of the molecule is O=C([O-])c1ncoc1-c1cccc([N+](=O)[O-])c1. The summed E-state index contributed by atoms with van der Waals surface area (Å²) in [6.45, 7) is 0. The Morgan fingerprint density at radius 1 is 1.41 bits per heavy atom. The molecule has 0 aliphatic rings. The Morgan fingerprint density at radius 3 is 2.82 bits per heavy atom. The van der Waals surface area contributed by atoms with Crippen LogP contribution in [0.15, 0.2) is 35.1 Å². The molecule has 2 aromatic rings. The molecule has 0 bridgehead atoms. The Kier molecular flexibility index (Phi) is 2.57. The molecular weight excluding hydrogens is 228 g/mol. The highest BCUT2D eigenvalue weighted by Gasteiger charge is 2.14. The molecule has 1 heterocycles. The maximum Gasteiger partial charge on any atom is 0.270 e. The Balaban J connectivity index is 2.53. The lowest BCUT2D eigenvalue weighted by atomic mass is 10.1. The lowest BCUT2D eigenvalue weighted by Crippen LogP contribution is -2.23. The first-order valence-electron chi connectivity index (χ1n) is 4.49. The fourth-order valence-corrected chi connectivity index (χ4v) is 1.36. The van der Waals surface area contributed by atoms with Crippen molar-refractivity contribution in [3.8, 4) is 11.3 Å². The lowest BCUT2D eigenvalue weighted by molar-refractivity contribution is -0.384. The van der Waals surface area contributed by atoms with Gasteiger partial charge in [0.2, 0.25) is 0 Å². The molecule has 0 atom stereocenters. The summed E-state index contributed by atoms with van der Waals surface area (Å²) in [4.78, 5) is 24.2. The number of nitro benzene ring substituents is 1. The molecule has 0 aliphatic carbocycles. The molecule has 1 aromatic heterocycles. The van der Waals surface area contributed by atoms with Gasteiger partial charge in [0.1, 0.15) is 5.69 Å². The number of nitro groups is 1. The first-order valence-corrected chi connectivity index (χ1v) is 4.49. The first kappa shape index (κ1) is 10.8. The topological polar surface area (TPSA) is 109 Å². The number of nitrogens with zero attached hydrogens (tertiary/aromatic N) is 2. The van der Waals surface area contributed by atoms with Crippen molar-refractivity contribution < 1.29 is 19.2 Å². The van der Waals surface area contributed by atoms with E-state index in [1.165, 1.54) is 24.3 Å². The number of rotatable bonds is 3. The van der Waals surface area contributed by atoms with Crippen LogP contribution in [0.3, 0.4) is 0 Å². The number of hydrogen-bond donors (Lipinski definition) is 0. The normalized spacial score (nSPS) is 10.1. The molecule has 0 radical (unpaired) electrons. The number of oxazole rings is 1. The minimum Gasteiger partial charge on any atom is -0.543 e. The van der Waals surface area contributed by atoms with Crippen LogP contribution in [0, 0.1) is 10.1 Å². The molecule has 86 valence electrons. The quantitative estimate of drug-likeness (QED) is 0.567. The summed E-state index contributed by atoms with van der Waals surface area (Å²) in [6.07, 6.45) is 0.944. The van der Waals surface area contributed by atoms with Crippen LogP contribution in [0.4, 0.5) is 5.69 Å². The van der Waals surface area contributed by atoms with Gasteiger partial charge in [-0.2, -0.15) is 0 Å². The van der Waals surface area contributed by atoms with Crippen LogP contribution in [0.5, 0.6) is 0 Å². The van der Waals surface area contributed by atoms with Gasteiger partial charge in [-0.3, -0.25) is 10.1 Å². The molecule has 0 saturated carbocycles. The second-order valence-electron chi connectivity index (χ2n) is 3.12. The smallest absolute Gasteiger partial charge is 0.270 e. The van der Waals surface area contributed by atoms with Crippen LogP contribution in [-0.2, 0) is 0 Å². The standard InChI is InChI=1S/C10H6N2O5/c13-10(14)8-9(17-5-11-8)6-2-1-3-7(4-6)12(15)16/h1-5H,(H,13,14)/p-1. The summed E-state index contributed by atoms with van der Waals surface area (Å²) in [5.74, 6) is -1.56. The molecule has 1 aromatic carbocycles. The van der Waals surface area contributed by atoms with E-state index in [4.69, 9.17) is 4.42 Å². The second kappa shape index (κ2) is 4.05. The number of hydrogen-bond acceptors (Lipinski definition) is 6. The number of carbonyl (C=O) groups is 1. The Morgan fingerprint density at radius 2 is 2.18 bits per heavy atom. The van der Waals surface area contributed by atoms with E-state index in [0.717, 1.165) is 6.39 Å². The van der Waals surface area contributed by atoms with Crippen molar-refractivity contribution in [2.24, 2.45) is 0 Å². The molecule has 17 heavy (non-hydrogen) atoms. The van der Waals surface area contributed by atoms with Gasteiger partial charge in [0, 0.05) is 17.7 Å². The van der Waals surface area contributed by atoms with E-state index >= 15 is 0 Å². The third kappa shape index (κ3) is 1.98. The van der Waals surface area contributed by atoms with Gasteiger partial charge in [-0.25, -0.2) is 4.98 Å². The monoisotopic (exact) mass is 233 g/mol. The third-order valence-electron chi connectivity index (χ3n) is 2.08. The van der Waals surface area contributed by atoms with Crippen molar-refractivity contribution in [2.45, 2.75) is 0 Å². The third-order valence-corrected chi connectivity index (χ3v) is 2.08. The molecular formula is C10H5N2O5-. The van der Waals surface area contributed by atoms with Crippen LogP contribution in [-0.4, -0.2) is 15.9 Å². The van der Waals surface area contributed by atoms with Gasteiger partial charge in [-0.1, -0.05) is 12.1 Å². The molecule has 0 N–H and O–H groups in total. The van der Waals surface area contributed by atoms with Crippen LogP contribution in [0.2, 0.25) is 0 Å². The number of benzene rings is 1. The first-order chi connectivity index (χ1) is 8.09. The van der Waals surface area contributed by atoms with Crippen molar-refractivity contribution in [1.29, 1.82) is 0 Å². The average Bonchev–Trinajstić information content (AvgIpc) is 2.78. The van der Waals surface area contributed by atoms with E-state index in [1.54, 1.807) is 0 Å². The summed E-state index contributed by atoms with van der Waals surface area (Å²) < 4.78 is 4.89. The number of carboxylic acids is 1. The zero-order valence-electron chi connectivity index (χ0n) is 8.32. The largest absolute Gasteiger partial charge is 0.543 e. The fourth-order valence-electron chi connectivity index (χ4n) is 1.36. The summed E-state index contributed by atoms with van der Waals surface area (Å²) >= 11 is 0. The van der Waals surface area contributed by atoms with E-state index in [-0.39, 0.29) is 22.7 Å². The van der Waals surface area contributed by atoms with Crippen molar-refractivity contribution in [3.05, 3.63) is 46.5 Å². The predicted molar refractivity (Wildman–Crippen MR) is 52.9 cm³/mol. The number of carboxylic acid groups (broad SMARTS) is 1. The van der Waals surface area contributed by atoms with Gasteiger partial charge in [0.25, 0.3) is 5.69 Å². The Hall–Kier alpha value is -2.70. The Bertz CT molecular complexity index is 590. The average molecular weight is 233 g/mol. The fraction of sp³-hybridized carbons (Fsp3) is 0. The van der Waals surface area contributed by atoms with Crippen LogP contribution < -0.4 is 5.11 Å². The van der Waals surface area contributed by atoms with E-state index < -0.39 is 10.9 Å². The van der Waals surface area contributed by atoms with Gasteiger partial charge in [0.15, 0.2) is 12.2 Å². The minimum atomic E-state index is -1.50. The van der Waals surface area contributed by atoms with Crippen LogP contribution in [0.1, 0.15) is 10.5 Å². The molecule has 0 aliphatic heterocycles. The van der Waals surface area contributed by atoms with E-state index in [2.05, 4.69) is 4.98 Å². The predicted octanol–water partition coefficient (Wildman–Crippen LogP) is 0.613. The van der Waals surface area contributed by atoms with E-state index in [9.17, 15) is 20.0 Å². The van der Waals surface area contributed by atoms with Crippen molar-refractivity contribution >= 4 is 11.7 Å². The van der Waals surface area contributed by atoms with Gasteiger partial charge >= 0.3 is 0 Å². The summed E-state index contributed by atoms with van der Waals surface area (Å²) in [5, 5.41) is 21.3. The molecule has 7 nitrogen and oxygen atoms in total. The number of aromatic nitrogens is 1. The maximum absolute atomic E-state index is 10.7. The molecule has 7 heteroatoms. The zero-order valence-corrected chi connectivity index (χ0v) is 8.32.